The van der Waals surface area contributed by atoms with Crippen LogP contribution in [-0.2, 0) is 0 Å². The molecule has 2 aromatic carbocycles. The summed E-state index contributed by atoms with van der Waals surface area (Å²) in [6, 6.07) is 14.2. The average Bonchev–Trinajstić information content (AvgIpc) is 3.26. The lowest BCUT2D eigenvalue weighted by atomic mass is 9.94. The standard InChI is InChI=1S/C23H23ClN4O3/c1-4-11-28-14(2)19(20(25-23(28)29)15-7-5-9-17(24)12-15)22-26-21(27-31-22)16-8-6-10-18(13-16)30-3/h5-10,12-13,20H,4,11H2,1-3H3,(H,25,29). The molecule has 0 bridgehead atoms. The highest BCUT2D eigenvalue weighted by atomic mass is 35.5. The van der Waals surface area contributed by atoms with Crippen LogP contribution in [0.25, 0.3) is 17.0 Å². The van der Waals surface area contributed by atoms with Crippen LogP contribution in [0, 0.1) is 0 Å². The van der Waals surface area contributed by atoms with E-state index in [0.29, 0.717) is 29.0 Å². The molecule has 0 aliphatic carbocycles. The van der Waals surface area contributed by atoms with Crippen molar-refractivity contribution in [1.29, 1.82) is 0 Å². The van der Waals surface area contributed by atoms with E-state index in [-0.39, 0.29) is 6.03 Å². The fraction of sp³-hybridized carbons (Fsp3) is 0.261. The highest BCUT2D eigenvalue weighted by molar-refractivity contribution is 6.30. The summed E-state index contributed by atoms with van der Waals surface area (Å²) in [6.07, 6.45) is 0.818. The molecule has 160 valence electrons. The molecule has 0 saturated heterocycles. The van der Waals surface area contributed by atoms with Gasteiger partial charge in [-0.15, -0.1) is 0 Å². The van der Waals surface area contributed by atoms with Crippen LogP contribution in [0.4, 0.5) is 4.79 Å². The minimum Gasteiger partial charge on any atom is -0.497 e. The van der Waals surface area contributed by atoms with Gasteiger partial charge in [0.1, 0.15) is 5.75 Å². The number of urea groups is 1. The van der Waals surface area contributed by atoms with Gasteiger partial charge in [-0.05, 0) is 43.2 Å². The number of carbonyl (C=O) groups excluding carboxylic acids is 1. The van der Waals surface area contributed by atoms with Crippen LogP contribution in [0.3, 0.4) is 0 Å². The largest absolute Gasteiger partial charge is 0.497 e. The lowest BCUT2D eigenvalue weighted by molar-refractivity contribution is 0.205. The molecule has 8 heteroatoms. The quantitative estimate of drug-likeness (QED) is 0.564. The van der Waals surface area contributed by atoms with E-state index in [9.17, 15) is 4.79 Å². The summed E-state index contributed by atoms with van der Waals surface area (Å²) in [4.78, 5) is 19.2. The molecule has 31 heavy (non-hydrogen) atoms. The normalized spacial score (nSPS) is 16.5. The van der Waals surface area contributed by atoms with Crippen molar-refractivity contribution in [2.45, 2.75) is 26.3 Å². The van der Waals surface area contributed by atoms with Crippen molar-refractivity contribution >= 4 is 23.2 Å². The van der Waals surface area contributed by atoms with Gasteiger partial charge in [-0.1, -0.05) is 47.9 Å². The number of ether oxygens (including phenoxy) is 1. The van der Waals surface area contributed by atoms with Gasteiger partial charge in [0.25, 0.3) is 5.89 Å². The van der Waals surface area contributed by atoms with Crippen molar-refractivity contribution in [2.24, 2.45) is 0 Å². The summed E-state index contributed by atoms with van der Waals surface area (Å²) < 4.78 is 11.0. The molecule has 2 amide bonds. The van der Waals surface area contributed by atoms with E-state index in [1.165, 1.54) is 0 Å². The lowest BCUT2D eigenvalue weighted by Crippen LogP contribution is -2.46. The first-order valence-electron chi connectivity index (χ1n) is 10.0. The predicted molar refractivity (Wildman–Crippen MR) is 119 cm³/mol. The van der Waals surface area contributed by atoms with E-state index in [4.69, 9.17) is 20.9 Å². The van der Waals surface area contributed by atoms with Crippen LogP contribution in [0.5, 0.6) is 5.75 Å². The second kappa shape index (κ2) is 8.81. The second-order valence-corrected chi connectivity index (χ2v) is 7.68. The summed E-state index contributed by atoms with van der Waals surface area (Å²) in [5, 5.41) is 7.82. The van der Waals surface area contributed by atoms with Crippen molar-refractivity contribution in [3.8, 4) is 17.1 Å². The van der Waals surface area contributed by atoms with Gasteiger partial charge in [-0.2, -0.15) is 4.98 Å². The maximum absolute atomic E-state index is 12.8. The number of rotatable bonds is 6. The first-order valence-corrected chi connectivity index (χ1v) is 10.4. The van der Waals surface area contributed by atoms with Crippen LogP contribution in [0.2, 0.25) is 5.02 Å². The van der Waals surface area contributed by atoms with Gasteiger partial charge in [0.15, 0.2) is 0 Å². The highest BCUT2D eigenvalue weighted by Crippen LogP contribution is 2.38. The third kappa shape index (κ3) is 4.14. The van der Waals surface area contributed by atoms with Gasteiger partial charge < -0.3 is 14.6 Å². The van der Waals surface area contributed by atoms with Crippen LogP contribution in [0.1, 0.15) is 37.8 Å². The fourth-order valence-corrected chi connectivity index (χ4v) is 3.90. The van der Waals surface area contributed by atoms with E-state index in [1.54, 1.807) is 18.1 Å². The summed E-state index contributed by atoms with van der Waals surface area (Å²) in [6.45, 7) is 4.51. The van der Waals surface area contributed by atoms with E-state index in [2.05, 4.69) is 15.5 Å². The number of aromatic nitrogens is 2. The first-order chi connectivity index (χ1) is 15.0. The predicted octanol–water partition coefficient (Wildman–Crippen LogP) is 5.31. The minimum absolute atomic E-state index is 0.166. The molecule has 1 aliphatic heterocycles. The zero-order valence-corrected chi connectivity index (χ0v) is 18.3. The van der Waals surface area contributed by atoms with E-state index >= 15 is 0 Å². The Morgan fingerprint density at radius 2 is 2.03 bits per heavy atom. The Hall–Kier alpha value is -3.32. The van der Waals surface area contributed by atoms with Gasteiger partial charge in [-0.25, -0.2) is 4.79 Å². The molecule has 0 radical (unpaired) electrons. The SMILES string of the molecule is CCCN1C(=O)NC(c2cccc(Cl)c2)C(c2nc(-c3cccc(OC)c3)no2)=C1C. The Labute approximate surface area is 185 Å². The van der Waals surface area contributed by atoms with Crippen molar-refractivity contribution in [2.75, 3.05) is 13.7 Å². The van der Waals surface area contributed by atoms with Crippen LogP contribution in [0.15, 0.2) is 58.8 Å². The molecule has 1 N–H and O–H groups in total. The van der Waals surface area contributed by atoms with E-state index in [0.717, 1.165) is 28.8 Å². The molecule has 4 rings (SSSR count). The molecule has 0 fully saturated rings. The van der Waals surface area contributed by atoms with Crippen molar-refractivity contribution in [3.63, 3.8) is 0 Å². The maximum Gasteiger partial charge on any atom is 0.322 e. The van der Waals surface area contributed by atoms with Gasteiger partial charge in [0.2, 0.25) is 5.82 Å². The third-order valence-corrected chi connectivity index (χ3v) is 5.44. The number of allylic oxidation sites excluding steroid dienone is 1. The van der Waals surface area contributed by atoms with Crippen LogP contribution in [-0.4, -0.2) is 34.7 Å². The van der Waals surface area contributed by atoms with Gasteiger partial charge in [0.05, 0.1) is 18.7 Å². The number of benzene rings is 2. The fourth-order valence-electron chi connectivity index (χ4n) is 3.70. The van der Waals surface area contributed by atoms with Crippen molar-refractivity contribution < 1.29 is 14.1 Å². The monoisotopic (exact) mass is 438 g/mol. The van der Waals surface area contributed by atoms with Crippen LogP contribution < -0.4 is 10.1 Å². The van der Waals surface area contributed by atoms with Gasteiger partial charge in [-0.3, -0.25) is 4.90 Å². The Bertz CT molecular complexity index is 1140. The number of halogens is 1. The average molecular weight is 439 g/mol. The molecule has 1 aliphatic rings. The second-order valence-electron chi connectivity index (χ2n) is 7.24. The van der Waals surface area contributed by atoms with Gasteiger partial charge in [0, 0.05) is 22.8 Å². The van der Waals surface area contributed by atoms with E-state index < -0.39 is 6.04 Å². The molecule has 1 unspecified atom stereocenters. The zero-order valence-electron chi connectivity index (χ0n) is 17.6. The Kier molecular flexibility index (Phi) is 5.95. The summed E-state index contributed by atoms with van der Waals surface area (Å²) in [5.74, 6) is 1.49. The zero-order chi connectivity index (χ0) is 22.0. The lowest BCUT2D eigenvalue weighted by Gasteiger charge is -2.35. The molecule has 1 aromatic heterocycles. The number of carbonyl (C=O) groups is 1. The molecule has 1 atom stereocenters. The Morgan fingerprint density at radius 3 is 2.77 bits per heavy atom. The Morgan fingerprint density at radius 1 is 1.23 bits per heavy atom. The molecular formula is C23H23ClN4O3. The molecule has 0 spiro atoms. The molecule has 3 aromatic rings. The molecule has 7 nitrogen and oxygen atoms in total. The first kappa shape index (κ1) is 20.9. The molecule has 2 heterocycles. The number of nitrogens with zero attached hydrogens (tertiary/aromatic N) is 3. The highest BCUT2D eigenvalue weighted by Gasteiger charge is 2.35. The molecular weight excluding hydrogens is 416 g/mol. The Balaban J connectivity index is 1.81. The number of nitrogens with one attached hydrogen (secondary N) is 1. The summed E-state index contributed by atoms with van der Waals surface area (Å²) in [7, 11) is 1.61. The maximum atomic E-state index is 12.8. The van der Waals surface area contributed by atoms with Crippen molar-refractivity contribution in [1.82, 2.24) is 20.4 Å². The molecule has 0 saturated carbocycles. The minimum atomic E-state index is -0.460. The summed E-state index contributed by atoms with van der Waals surface area (Å²) >= 11 is 6.22. The van der Waals surface area contributed by atoms with E-state index in [1.807, 2.05) is 56.3 Å². The van der Waals surface area contributed by atoms with Crippen LogP contribution >= 0.6 is 11.6 Å². The van der Waals surface area contributed by atoms with Crippen molar-refractivity contribution in [3.05, 3.63) is 70.7 Å². The number of methoxy groups -OCH3 is 1. The topological polar surface area (TPSA) is 80.5 Å². The smallest absolute Gasteiger partial charge is 0.322 e. The number of hydrogen-bond acceptors (Lipinski definition) is 5. The number of hydrogen-bond donors (Lipinski definition) is 1. The third-order valence-electron chi connectivity index (χ3n) is 5.21. The summed E-state index contributed by atoms with van der Waals surface area (Å²) in [5.41, 5.74) is 3.14. The van der Waals surface area contributed by atoms with Gasteiger partial charge >= 0.3 is 6.03 Å². The number of amides is 2.